The number of ether oxygens (including phenoxy) is 1. The molecule has 2 aromatic heterocycles. The highest BCUT2D eigenvalue weighted by Gasteiger charge is 2.08. The minimum Gasteiger partial charge on any atom is -0.494 e. The van der Waals surface area contributed by atoms with Crippen molar-refractivity contribution in [3.05, 3.63) is 42.7 Å². The number of benzene rings is 1. The summed E-state index contributed by atoms with van der Waals surface area (Å²) in [5, 5.41) is 4.51. The van der Waals surface area contributed by atoms with Crippen molar-refractivity contribution in [2.45, 2.75) is 6.92 Å². The number of nitrogen functional groups attached to an aromatic ring is 1. The van der Waals surface area contributed by atoms with Crippen LogP contribution in [0, 0.1) is 0 Å². The standard InChI is InChI=1S/C14H15N5O/c1-2-20-11-5-3-10(4-6-11)12-9-13-14(17-15)16-7-8-19(13)18-12/h3-9H,2,15H2,1H3,(H,16,17). The predicted molar refractivity (Wildman–Crippen MR) is 77.4 cm³/mol. The summed E-state index contributed by atoms with van der Waals surface area (Å²) < 4.78 is 7.17. The second kappa shape index (κ2) is 5.18. The van der Waals surface area contributed by atoms with Gasteiger partial charge >= 0.3 is 0 Å². The summed E-state index contributed by atoms with van der Waals surface area (Å²) in [7, 11) is 0. The number of nitrogens with zero attached hydrogens (tertiary/aromatic N) is 3. The molecule has 0 aliphatic rings. The number of rotatable bonds is 4. The van der Waals surface area contributed by atoms with Crippen molar-refractivity contribution in [2.24, 2.45) is 5.84 Å². The fourth-order valence-corrected chi connectivity index (χ4v) is 2.06. The third-order valence-corrected chi connectivity index (χ3v) is 2.99. The van der Waals surface area contributed by atoms with E-state index >= 15 is 0 Å². The first kappa shape index (κ1) is 12.4. The van der Waals surface area contributed by atoms with Gasteiger partial charge in [0.1, 0.15) is 11.3 Å². The Balaban J connectivity index is 2.01. The van der Waals surface area contributed by atoms with E-state index in [1.807, 2.05) is 37.3 Å². The van der Waals surface area contributed by atoms with Gasteiger partial charge < -0.3 is 10.2 Å². The maximum Gasteiger partial charge on any atom is 0.166 e. The van der Waals surface area contributed by atoms with Crippen molar-refractivity contribution in [1.82, 2.24) is 14.6 Å². The van der Waals surface area contributed by atoms with Crippen LogP contribution >= 0.6 is 0 Å². The molecule has 102 valence electrons. The molecule has 2 heterocycles. The van der Waals surface area contributed by atoms with E-state index in [0.717, 1.165) is 22.5 Å². The van der Waals surface area contributed by atoms with Crippen LogP contribution in [0.25, 0.3) is 16.8 Å². The van der Waals surface area contributed by atoms with E-state index in [-0.39, 0.29) is 0 Å². The predicted octanol–water partition coefficient (Wildman–Crippen LogP) is 2.08. The lowest BCUT2D eigenvalue weighted by atomic mass is 10.1. The molecule has 0 radical (unpaired) electrons. The van der Waals surface area contributed by atoms with Crippen molar-refractivity contribution in [1.29, 1.82) is 0 Å². The van der Waals surface area contributed by atoms with E-state index in [1.54, 1.807) is 16.9 Å². The molecular weight excluding hydrogens is 254 g/mol. The monoisotopic (exact) mass is 269 g/mol. The average Bonchev–Trinajstić information content (AvgIpc) is 2.92. The third kappa shape index (κ3) is 2.17. The molecule has 0 saturated carbocycles. The first-order valence-electron chi connectivity index (χ1n) is 6.36. The molecule has 0 saturated heterocycles. The Bertz CT molecular complexity index is 720. The fraction of sp³-hybridized carbons (Fsp3) is 0.143. The average molecular weight is 269 g/mol. The van der Waals surface area contributed by atoms with Gasteiger partial charge in [0.2, 0.25) is 0 Å². The van der Waals surface area contributed by atoms with Gasteiger partial charge in [-0.05, 0) is 37.3 Å². The molecule has 3 rings (SSSR count). The lowest BCUT2D eigenvalue weighted by Gasteiger charge is -2.02. The van der Waals surface area contributed by atoms with E-state index < -0.39 is 0 Å². The summed E-state index contributed by atoms with van der Waals surface area (Å²) in [6.45, 7) is 2.62. The van der Waals surface area contributed by atoms with E-state index in [1.165, 1.54) is 0 Å². The smallest absolute Gasteiger partial charge is 0.166 e. The lowest BCUT2D eigenvalue weighted by Crippen LogP contribution is -2.09. The second-order valence-electron chi connectivity index (χ2n) is 4.24. The van der Waals surface area contributed by atoms with E-state index in [0.29, 0.717) is 12.4 Å². The Morgan fingerprint density at radius 2 is 2.10 bits per heavy atom. The van der Waals surface area contributed by atoms with Gasteiger partial charge in [-0.25, -0.2) is 15.3 Å². The van der Waals surface area contributed by atoms with Crippen LogP contribution < -0.4 is 16.0 Å². The topological polar surface area (TPSA) is 77.5 Å². The number of hydrogen-bond donors (Lipinski definition) is 2. The van der Waals surface area contributed by atoms with Crippen molar-refractivity contribution < 1.29 is 4.74 Å². The van der Waals surface area contributed by atoms with Gasteiger partial charge in [0.25, 0.3) is 0 Å². The fourth-order valence-electron chi connectivity index (χ4n) is 2.06. The van der Waals surface area contributed by atoms with Gasteiger partial charge in [0.05, 0.1) is 12.3 Å². The van der Waals surface area contributed by atoms with Crippen LogP contribution in [0.5, 0.6) is 5.75 Å². The lowest BCUT2D eigenvalue weighted by molar-refractivity contribution is 0.340. The number of nitrogens with one attached hydrogen (secondary N) is 1. The number of hydrogen-bond acceptors (Lipinski definition) is 5. The maximum atomic E-state index is 5.45. The Hall–Kier alpha value is -2.60. The first-order chi connectivity index (χ1) is 9.81. The molecule has 0 atom stereocenters. The van der Waals surface area contributed by atoms with Crippen LogP contribution in [0.2, 0.25) is 0 Å². The summed E-state index contributed by atoms with van der Waals surface area (Å²) >= 11 is 0. The summed E-state index contributed by atoms with van der Waals surface area (Å²) in [5.74, 6) is 6.89. The largest absolute Gasteiger partial charge is 0.494 e. The molecule has 0 fully saturated rings. The Kier molecular flexibility index (Phi) is 3.22. The van der Waals surface area contributed by atoms with Gasteiger partial charge in [0.15, 0.2) is 5.82 Å². The zero-order valence-electron chi connectivity index (χ0n) is 11.1. The van der Waals surface area contributed by atoms with Gasteiger partial charge in [-0.2, -0.15) is 5.10 Å². The molecule has 6 nitrogen and oxygen atoms in total. The molecule has 0 bridgehead atoms. The van der Waals surface area contributed by atoms with Crippen LogP contribution in [-0.2, 0) is 0 Å². The minimum atomic E-state index is 0.595. The Labute approximate surface area is 116 Å². The van der Waals surface area contributed by atoms with E-state index in [4.69, 9.17) is 10.6 Å². The highest BCUT2D eigenvalue weighted by atomic mass is 16.5. The molecule has 0 spiro atoms. The van der Waals surface area contributed by atoms with Crippen molar-refractivity contribution in [3.8, 4) is 17.0 Å². The molecule has 1 aromatic carbocycles. The Morgan fingerprint density at radius 3 is 2.80 bits per heavy atom. The summed E-state index contributed by atoms with van der Waals surface area (Å²) in [6, 6.07) is 9.77. The zero-order chi connectivity index (χ0) is 13.9. The molecule has 0 aliphatic carbocycles. The van der Waals surface area contributed by atoms with Crippen LogP contribution in [0.1, 0.15) is 6.92 Å². The minimum absolute atomic E-state index is 0.595. The van der Waals surface area contributed by atoms with Crippen LogP contribution in [0.4, 0.5) is 5.82 Å². The second-order valence-corrected chi connectivity index (χ2v) is 4.24. The molecular formula is C14H15N5O. The maximum absolute atomic E-state index is 5.45. The van der Waals surface area contributed by atoms with Crippen molar-refractivity contribution in [2.75, 3.05) is 12.0 Å². The summed E-state index contributed by atoms with van der Waals surface area (Å²) in [4.78, 5) is 4.15. The van der Waals surface area contributed by atoms with Crippen molar-refractivity contribution in [3.63, 3.8) is 0 Å². The number of aromatic nitrogens is 3. The third-order valence-electron chi connectivity index (χ3n) is 2.99. The molecule has 20 heavy (non-hydrogen) atoms. The summed E-state index contributed by atoms with van der Waals surface area (Å²) in [5.41, 5.74) is 5.27. The first-order valence-corrected chi connectivity index (χ1v) is 6.36. The molecule has 3 aromatic rings. The van der Waals surface area contributed by atoms with Gasteiger partial charge in [-0.3, -0.25) is 0 Å². The highest BCUT2D eigenvalue weighted by molar-refractivity contribution is 5.74. The van der Waals surface area contributed by atoms with Crippen LogP contribution in [-0.4, -0.2) is 21.2 Å². The molecule has 3 N–H and O–H groups in total. The Morgan fingerprint density at radius 1 is 1.30 bits per heavy atom. The normalized spacial score (nSPS) is 10.7. The van der Waals surface area contributed by atoms with Crippen molar-refractivity contribution >= 4 is 11.3 Å². The number of hydrazine groups is 1. The molecule has 6 heteroatoms. The van der Waals surface area contributed by atoms with Gasteiger partial charge in [-0.1, -0.05) is 0 Å². The zero-order valence-corrected chi connectivity index (χ0v) is 11.1. The van der Waals surface area contributed by atoms with E-state index in [2.05, 4.69) is 15.5 Å². The number of anilines is 1. The summed E-state index contributed by atoms with van der Waals surface area (Å²) in [6.07, 6.45) is 3.44. The molecule has 0 aliphatic heterocycles. The van der Waals surface area contributed by atoms with Gasteiger partial charge in [0, 0.05) is 18.0 Å². The van der Waals surface area contributed by atoms with E-state index in [9.17, 15) is 0 Å². The number of fused-ring (bicyclic) bond motifs is 1. The molecule has 0 unspecified atom stereocenters. The van der Waals surface area contributed by atoms with Gasteiger partial charge in [-0.15, -0.1) is 0 Å². The molecule has 0 amide bonds. The van der Waals surface area contributed by atoms with Crippen LogP contribution in [0.3, 0.4) is 0 Å². The number of nitrogens with two attached hydrogens (primary N) is 1. The SMILES string of the molecule is CCOc1ccc(-c2cc3c(NN)nccn3n2)cc1. The highest BCUT2D eigenvalue weighted by Crippen LogP contribution is 2.24. The quantitative estimate of drug-likeness (QED) is 0.560. The van der Waals surface area contributed by atoms with Crippen LogP contribution in [0.15, 0.2) is 42.7 Å².